The summed E-state index contributed by atoms with van der Waals surface area (Å²) in [5, 5.41) is 2.88. The lowest BCUT2D eigenvalue weighted by Gasteiger charge is -2.18. The van der Waals surface area contributed by atoms with Gasteiger partial charge in [0.15, 0.2) is 0 Å². The standard InChI is InChI=1S/C29H34N2O3/c1-3-4-5-6-10-20-34-27-18-16-24(17-19-27)28(32)30-26-15-11-14-25(21-26)29(33)31(2)22-23-12-8-7-9-13-23/h7-9,11-19,21H,3-6,10,20,22H2,1-2H3,(H,30,32). The molecule has 1 N–H and O–H groups in total. The zero-order valence-corrected chi connectivity index (χ0v) is 20.1. The molecule has 0 saturated heterocycles. The molecule has 0 bridgehead atoms. The van der Waals surface area contributed by atoms with Gasteiger partial charge in [-0.25, -0.2) is 0 Å². The molecule has 0 saturated carbocycles. The molecule has 0 aliphatic heterocycles. The fourth-order valence-corrected chi connectivity index (χ4v) is 3.68. The molecule has 0 spiro atoms. The van der Waals surface area contributed by atoms with Crippen LogP contribution in [0.25, 0.3) is 0 Å². The van der Waals surface area contributed by atoms with Gasteiger partial charge in [-0.3, -0.25) is 9.59 Å². The van der Waals surface area contributed by atoms with Gasteiger partial charge in [0.2, 0.25) is 0 Å². The molecule has 5 nitrogen and oxygen atoms in total. The van der Waals surface area contributed by atoms with Crippen molar-refractivity contribution in [2.45, 2.75) is 45.6 Å². The number of hydrogen-bond acceptors (Lipinski definition) is 3. The third-order valence-electron chi connectivity index (χ3n) is 5.61. The first-order valence-corrected chi connectivity index (χ1v) is 12.0. The lowest BCUT2D eigenvalue weighted by atomic mass is 10.1. The average molecular weight is 459 g/mol. The number of nitrogens with one attached hydrogen (secondary N) is 1. The second kappa shape index (κ2) is 13.2. The number of carbonyl (C=O) groups excluding carboxylic acids is 2. The molecule has 0 aliphatic rings. The molecule has 0 aromatic heterocycles. The molecule has 5 heteroatoms. The molecule has 0 heterocycles. The van der Waals surface area contributed by atoms with Gasteiger partial charge in [-0.1, -0.05) is 69.0 Å². The molecule has 3 rings (SSSR count). The van der Waals surface area contributed by atoms with Crippen molar-refractivity contribution >= 4 is 17.5 Å². The zero-order valence-electron chi connectivity index (χ0n) is 20.1. The monoisotopic (exact) mass is 458 g/mol. The summed E-state index contributed by atoms with van der Waals surface area (Å²) < 4.78 is 5.77. The fourth-order valence-electron chi connectivity index (χ4n) is 3.68. The Morgan fingerprint density at radius 3 is 2.29 bits per heavy atom. The smallest absolute Gasteiger partial charge is 0.255 e. The first-order valence-electron chi connectivity index (χ1n) is 12.0. The van der Waals surface area contributed by atoms with Gasteiger partial charge in [0.1, 0.15) is 5.75 Å². The van der Waals surface area contributed by atoms with Crippen molar-refractivity contribution in [1.82, 2.24) is 4.90 Å². The number of nitrogens with zero attached hydrogens (tertiary/aromatic N) is 1. The van der Waals surface area contributed by atoms with Crippen LogP contribution in [0.5, 0.6) is 5.75 Å². The van der Waals surface area contributed by atoms with Crippen LogP contribution in [0.3, 0.4) is 0 Å². The highest BCUT2D eigenvalue weighted by Gasteiger charge is 2.14. The van der Waals surface area contributed by atoms with Crippen molar-refractivity contribution in [3.8, 4) is 5.75 Å². The number of benzene rings is 3. The second-order valence-electron chi connectivity index (χ2n) is 8.47. The SMILES string of the molecule is CCCCCCCOc1ccc(C(=O)Nc2cccc(C(=O)N(C)Cc3ccccc3)c2)cc1. The third kappa shape index (κ3) is 7.77. The zero-order chi connectivity index (χ0) is 24.2. The van der Waals surface area contributed by atoms with Crippen LogP contribution in [0.15, 0.2) is 78.9 Å². The maximum atomic E-state index is 12.9. The Morgan fingerprint density at radius 2 is 1.56 bits per heavy atom. The van der Waals surface area contributed by atoms with Crippen LogP contribution in [0.4, 0.5) is 5.69 Å². The Hall–Kier alpha value is -3.60. The van der Waals surface area contributed by atoms with E-state index in [9.17, 15) is 9.59 Å². The van der Waals surface area contributed by atoms with Gasteiger partial charge in [0.25, 0.3) is 11.8 Å². The summed E-state index contributed by atoms with van der Waals surface area (Å²) in [7, 11) is 1.77. The summed E-state index contributed by atoms with van der Waals surface area (Å²) in [6, 6.07) is 24.0. The van der Waals surface area contributed by atoms with E-state index in [0.717, 1.165) is 17.7 Å². The Kier molecular flexibility index (Phi) is 9.71. The summed E-state index contributed by atoms with van der Waals surface area (Å²) in [5.41, 5.74) is 2.70. The van der Waals surface area contributed by atoms with Gasteiger partial charge >= 0.3 is 0 Å². The molecule has 0 unspecified atom stereocenters. The molecular formula is C29H34N2O3. The van der Waals surface area contributed by atoms with E-state index >= 15 is 0 Å². The first kappa shape index (κ1) is 25.0. The average Bonchev–Trinajstić information content (AvgIpc) is 2.86. The largest absolute Gasteiger partial charge is 0.494 e. The molecule has 178 valence electrons. The van der Waals surface area contributed by atoms with Gasteiger partial charge < -0.3 is 15.0 Å². The van der Waals surface area contributed by atoms with Crippen LogP contribution in [0.1, 0.15) is 65.3 Å². The van der Waals surface area contributed by atoms with Gasteiger partial charge in [-0.2, -0.15) is 0 Å². The molecule has 0 atom stereocenters. The van der Waals surface area contributed by atoms with E-state index in [1.54, 1.807) is 48.3 Å². The quantitative estimate of drug-likeness (QED) is 0.313. The van der Waals surface area contributed by atoms with E-state index in [0.29, 0.717) is 30.0 Å². The normalized spacial score (nSPS) is 10.5. The number of anilines is 1. The molecule has 0 radical (unpaired) electrons. The van der Waals surface area contributed by atoms with Crippen molar-refractivity contribution in [2.75, 3.05) is 19.0 Å². The summed E-state index contributed by atoms with van der Waals surface area (Å²) in [5.74, 6) is 0.436. The summed E-state index contributed by atoms with van der Waals surface area (Å²) in [6.45, 7) is 3.41. The highest BCUT2D eigenvalue weighted by atomic mass is 16.5. The summed E-state index contributed by atoms with van der Waals surface area (Å²) in [4.78, 5) is 27.2. The maximum Gasteiger partial charge on any atom is 0.255 e. The predicted octanol–water partition coefficient (Wildman–Crippen LogP) is 6.56. The number of amides is 2. The van der Waals surface area contributed by atoms with Gasteiger partial charge in [-0.15, -0.1) is 0 Å². The molecule has 2 amide bonds. The Balaban J connectivity index is 1.53. The molecule has 3 aromatic rings. The van der Waals surface area contributed by atoms with Crippen molar-refractivity contribution in [3.63, 3.8) is 0 Å². The molecule has 0 fully saturated rings. The highest BCUT2D eigenvalue weighted by molar-refractivity contribution is 6.05. The van der Waals surface area contributed by atoms with Gasteiger partial charge in [0, 0.05) is 30.4 Å². The summed E-state index contributed by atoms with van der Waals surface area (Å²) in [6.07, 6.45) is 5.96. The number of unbranched alkanes of at least 4 members (excludes halogenated alkanes) is 4. The van der Waals surface area contributed by atoms with Crippen molar-refractivity contribution < 1.29 is 14.3 Å². The van der Waals surface area contributed by atoms with E-state index in [2.05, 4.69) is 12.2 Å². The van der Waals surface area contributed by atoms with Crippen LogP contribution in [0.2, 0.25) is 0 Å². The number of carbonyl (C=O) groups is 2. The Bertz CT molecular complexity index is 1050. The highest BCUT2D eigenvalue weighted by Crippen LogP contribution is 2.17. The van der Waals surface area contributed by atoms with Gasteiger partial charge in [0.05, 0.1) is 6.61 Å². The Labute approximate surface area is 202 Å². The predicted molar refractivity (Wildman–Crippen MR) is 137 cm³/mol. The van der Waals surface area contributed by atoms with Crippen LogP contribution in [0, 0.1) is 0 Å². The number of rotatable bonds is 12. The minimum absolute atomic E-state index is 0.101. The molecule has 3 aromatic carbocycles. The lowest BCUT2D eigenvalue weighted by molar-refractivity contribution is 0.0784. The molecule has 34 heavy (non-hydrogen) atoms. The van der Waals surface area contributed by atoms with E-state index in [1.807, 2.05) is 42.5 Å². The third-order valence-corrected chi connectivity index (χ3v) is 5.61. The van der Waals surface area contributed by atoms with Crippen LogP contribution in [-0.4, -0.2) is 30.4 Å². The topological polar surface area (TPSA) is 58.6 Å². The van der Waals surface area contributed by atoms with Crippen LogP contribution >= 0.6 is 0 Å². The number of hydrogen-bond donors (Lipinski definition) is 1. The van der Waals surface area contributed by atoms with E-state index < -0.39 is 0 Å². The fraction of sp³-hybridized carbons (Fsp3) is 0.310. The van der Waals surface area contributed by atoms with E-state index in [1.165, 1.54) is 25.7 Å². The first-order chi connectivity index (χ1) is 16.6. The molecular weight excluding hydrogens is 424 g/mol. The Morgan fingerprint density at radius 1 is 0.824 bits per heavy atom. The van der Waals surface area contributed by atoms with E-state index in [-0.39, 0.29) is 11.8 Å². The van der Waals surface area contributed by atoms with Crippen LogP contribution < -0.4 is 10.1 Å². The second-order valence-corrected chi connectivity index (χ2v) is 8.47. The number of ether oxygens (including phenoxy) is 1. The van der Waals surface area contributed by atoms with Crippen molar-refractivity contribution in [2.24, 2.45) is 0 Å². The summed E-state index contributed by atoms with van der Waals surface area (Å²) >= 11 is 0. The molecule has 0 aliphatic carbocycles. The minimum atomic E-state index is -0.228. The minimum Gasteiger partial charge on any atom is -0.494 e. The van der Waals surface area contributed by atoms with Crippen molar-refractivity contribution in [3.05, 3.63) is 95.6 Å². The van der Waals surface area contributed by atoms with Gasteiger partial charge in [-0.05, 0) is 54.4 Å². The van der Waals surface area contributed by atoms with E-state index in [4.69, 9.17) is 4.74 Å². The van der Waals surface area contributed by atoms with Crippen LogP contribution in [-0.2, 0) is 6.54 Å². The maximum absolute atomic E-state index is 12.9. The lowest BCUT2D eigenvalue weighted by Crippen LogP contribution is -2.26. The van der Waals surface area contributed by atoms with Crippen molar-refractivity contribution in [1.29, 1.82) is 0 Å².